The molecule has 2 nitrogen and oxygen atoms in total. The molecule has 100 valence electrons. The van der Waals surface area contributed by atoms with Crippen molar-refractivity contribution in [1.82, 2.24) is 0 Å². The summed E-state index contributed by atoms with van der Waals surface area (Å²) in [5, 5.41) is 10.6. The molecular weight excluding hydrogens is 224 g/mol. The molecule has 2 fully saturated rings. The highest BCUT2D eigenvalue weighted by molar-refractivity contribution is 5.11. The molecule has 0 aliphatic heterocycles. The van der Waals surface area contributed by atoms with Crippen molar-refractivity contribution >= 4 is 0 Å². The zero-order chi connectivity index (χ0) is 12.7. The fraction of sp³-hybridized carbons (Fsp3) is 1.00. The lowest BCUT2D eigenvalue weighted by molar-refractivity contribution is -0.0869. The van der Waals surface area contributed by atoms with Gasteiger partial charge in [0.25, 0.3) is 0 Å². The van der Waals surface area contributed by atoms with Gasteiger partial charge in [0.05, 0.1) is 11.1 Å². The minimum Gasteiger partial charge on any atom is -0.388 e. The van der Waals surface area contributed by atoms with Crippen LogP contribution in [-0.4, -0.2) is 22.2 Å². The van der Waals surface area contributed by atoms with Crippen molar-refractivity contribution in [2.45, 2.75) is 75.4 Å². The lowest BCUT2D eigenvalue weighted by atomic mass is 9.67. The molecule has 0 aromatic carbocycles. The summed E-state index contributed by atoms with van der Waals surface area (Å²) in [4.78, 5) is 0. The van der Waals surface area contributed by atoms with Crippen LogP contribution < -0.4 is 5.73 Å². The van der Waals surface area contributed by atoms with E-state index in [1.807, 2.05) is 0 Å². The maximum Gasteiger partial charge on any atom is 0.250 e. The number of nitrogens with two attached hydrogens (primary N) is 1. The van der Waals surface area contributed by atoms with Gasteiger partial charge >= 0.3 is 0 Å². The fourth-order valence-corrected chi connectivity index (χ4v) is 3.50. The Morgan fingerprint density at radius 3 is 2.18 bits per heavy atom. The molecule has 2 saturated carbocycles. The van der Waals surface area contributed by atoms with E-state index < -0.39 is 17.1 Å². The third-order valence-electron chi connectivity index (χ3n) is 4.95. The highest BCUT2D eigenvalue weighted by Crippen LogP contribution is 2.50. The smallest absolute Gasteiger partial charge is 0.250 e. The molecule has 0 amide bonds. The van der Waals surface area contributed by atoms with Crippen molar-refractivity contribution in [3.8, 4) is 0 Å². The van der Waals surface area contributed by atoms with Gasteiger partial charge in [-0.3, -0.25) is 0 Å². The maximum absolute atomic E-state index is 13.3. The average molecular weight is 247 g/mol. The second-order valence-electron chi connectivity index (χ2n) is 6.07. The molecule has 0 radical (unpaired) electrons. The molecule has 2 aliphatic rings. The minimum absolute atomic E-state index is 0.178. The van der Waals surface area contributed by atoms with Crippen LogP contribution >= 0.6 is 0 Å². The number of alkyl halides is 2. The first-order valence-electron chi connectivity index (χ1n) is 6.69. The molecule has 0 spiro atoms. The molecule has 2 rings (SSSR count). The van der Waals surface area contributed by atoms with E-state index in [4.69, 9.17) is 5.73 Å². The normalized spacial score (nSPS) is 46.1. The summed E-state index contributed by atoms with van der Waals surface area (Å²) in [5.74, 6) is -2.06. The molecule has 3 N–H and O–H groups in total. The van der Waals surface area contributed by atoms with Crippen LogP contribution in [0.2, 0.25) is 0 Å². The molecule has 4 heteroatoms. The fourth-order valence-electron chi connectivity index (χ4n) is 3.50. The van der Waals surface area contributed by atoms with Crippen LogP contribution in [0.25, 0.3) is 0 Å². The van der Waals surface area contributed by atoms with Crippen molar-refractivity contribution < 1.29 is 13.9 Å². The number of rotatable bonds is 2. The van der Waals surface area contributed by atoms with Gasteiger partial charge in [-0.2, -0.15) is 0 Å². The van der Waals surface area contributed by atoms with Gasteiger partial charge in [-0.05, 0) is 38.0 Å². The van der Waals surface area contributed by atoms with E-state index in [0.717, 1.165) is 19.3 Å². The predicted octanol–water partition coefficient (Wildman–Crippen LogP) is 2.83. The number of hydrogen-bond donors (Lipinski definition) is 2. The largest absolute Gasteiger partial charge is 0.388 e. The Kier molecular flexibility index (Phi) is 3.24. The standard InChI is InChI=1S/C13H23F2NO/c1-2-10-3-5-12(17,6-4-10)11(16)7-8-13(14,15)9-11/h10,17H,2-9,16H2,1H3. The van der Waals surface area contributed by atoms with E-state index in [0.29, 0.717) is 18.8 Å². The van der Waals surface area contributed by atoms with Gasteiger partial charge in [0.1, 0.15) is 0 Å². The van der Waals surface area contributed by atoms with Crippen LogP contribution in [0.15, 0.2) is 0 Å². The third kappa shape index (κ3) is 2.34. The van der Waals surface area contributed by atoms with E-state index in [-0.39, 0.29) is 19.3 Å². The number of halogens is 2. The first-order valence-corrected chi connectivity index (χ1v) is 6.69. The van der Waals surface area contributed by atoms with Gasteiger partial charge in [0.15, 0.2) is 0 Å². The topological polar surface area (TPSA) is 46.2 Å². The molecule has 1 unspecified atom stereocenters. The monoisotopic (exact) mass is 247 g/mol. The zero-order valence-corrected chi connectivity index (χ0v) is 10.5. The lowest BCUT2D eigenvalue weighted by Gasteiger charge is -2.46. The van der Waals surface area contributed by atoms with E-state index in [1.165, 1.54) is 0 Å². The number of aliphatic hydroxyl groups is 1. The van der Waals surface area contributed by atoms with E-state index in [9.17, 15) is 13.9 Å². The van der Waals surface area contributed by atoms with E-state index in [2.05, 4.69) is 6.92 Å². The molecule has 0 aromatic heterocycles. The predicted molar refractivity (Wildman–Crippen MR) is 62.9 cm³/mol. The minimum atomic E-state index is -2.69. The highest BCUT2D eigenvalue weighted by atomic mass is 19.3. The number of hydrogen-bond acceptors (Lipinski definition) is 2. The summed E-state index contributed by atoms with van der Waals surface area (Å²) in [6.07, 6.45) is 3.80. The van der Waals surface area contributed by atoms with Crippen molar-refractivity contribution in [3.05, 3.63) is 0 Å². The van der Waals surface area contributed by atoms with Crippen LogP contribution in [0, 0.1) is 5.92 Å². The summed E-state index contributed by atoms with van der Waals surface area (Å²) in [7, 11) is 0. The van der Waals surface area contributed by atoms with Crippen LogP contribution in [0.4, 0.5) is 8.78 Å². The van der Waals surface area contributed by atoms with Crippen LogP contribution in [0.1, 0.15) is 58.3 Å². The molecular formula is C13H23F2NO. The summed E-state index contributed by atoms with van der Waals surface area (Å²) >= 11 is 0. The molecule has 2 aliphatic carbocycles. The highest BCUT2D eigenvalue weighted by Gasteiger charge is 2.57. The van der Waals surface area contributed by atoms with Gasteiger partial charge in [-0.25, -0.2) is 8.78 Å². The van der Waals surface area contributed by atoms with Gasteiger partial charge in [-0.1, -0.05) is 13.3 Å². The van der Waals surface area contributed by atoms with Crippen LogP contribution in [0.5, 0.6) is 0 Å². The van der Waals surface area contributed by atoms with Crippen molar-refractivity contribution in [3.63, 3.8) is 0 Å². The van der Waals surface area contributed by atoms with Crippen LogP contribution in [0.3, 0.4) is 0 Å². The van der Waals surface area contributed by atoms with Crippen molar-refractivity contribution in [1.29, 1.82) is 0 Å². The Bertz CT molecular complexity index is 287. The maximum atomic E-state index is 13.3. The zero-order valence-electron chi connectivity index (χ0n) is 10.5. The van der Waals surface area contributed by atoms with E-state index >= 15 is 0 Å². The second kappa shape index (κ2) is 4.16. The first kappa shape index (κ1) is 13.2. The second-order valence-corrected chi connectivity index (χ2v) is 6.07. The molecule has 1 atom stereocenters. The van der Waals surface area contributed by atoms with Crippen molar-refractivity contribution in [2.75, 3.05) is 0 Å². The van der Waals surface area contributed by atoms with Gasteiger partial charge < -0.3 is 10.8 Å². The molecule has 0 bridgehead atoms. The Hall–Kier alpha value is -0.220. The Morgan fingerprint density at radius 1 is 1.18 bits per heavy atom. The quantitative estimate of drug-likeness (QED) is 0.788. The Labute approximate surface area is 102 Å². The summed E-state index contributed by atoms with van der Waals surface area (Å²) < 4.78 is 26.6. The van der Waals surface area contributed by atoms with Gasteiger partial charge in [0, 0.05) is 12.8 Å². The van der Waals surface area contributed by atoms with Gasteiger partial charge in [0.2, 0.25) is 5.92 Å². The first-order chi connectivity index (χ1) is 7.80. The molecule has 17 heavy (non-hydrogen) atoms. The summed E-state index contributed by atoms with van der Waals surface area (Å²) in [6.45, 7) is 2.14. The molecule has 0 heterocycles. The lowest BCUT2D eigenvalue weighted by Crippen LogP contribution is -2.60. The molecule has 0 aromatic rings. The van der Waals surface area contributed by atoms with Crippen LogP contribution in [-0.2, 0) is 0 Å². The third-order valence-corrected chi connectivity index (χ3v) is 4.95. The van der Waals surface area contributed by atoms with E-state index in [1.54, 1.807) is 0 Å². The SMILES string of the molecule is CCC1CCC(O)(C2(N)CCC(F)(F)C2)CC1. The summed E-state index contributed by atoms with van der Waals surface area (Å²) in [5.41, 5.74) is 3.96. The Morgan fingerprint density at radius 2 is 1.76 bits per heavy atom. The molecule has 0 saturated heterocycles. The average Bonchev–Trinajstić information content (AvgIpc) is 2.56. The van der Waals surface area contributed by atoms with Gasteiger partial charge in [-0.15, -0.1) is 0 Å². The Balaban J connectivity index is 2.07. The summed E-state index contributed by atoms with van der Waals surface area (Å²) in [6, 6.07) is 0. The van der Waals surface area contributed by atoms with Crippen molar-refractivity contribution in [2.24, 2.45) is 11.7 Å².